The fraction of sp³-hybridized carbons (Fsp3) is 0.438. The van der Waals surface area contributed by atoms with Crippen molar-refractivity contribution < 1.29 is 27.9 Å². The lowest BCUT2D eigenvalue weighted by atomic mass is 10.2. The van der Waals surface area contributed by atoms with Crippen molar-refractivity contribution in [2.45, 2.75) is 25.7 Å². The number of rotatable bonds is 10. The van der Waals surface area contributed by atoms with Gasteiger partial charge in [0.25, 0.3) is 0 Å². The van der Waals surface area contributed by atoms with Gasteiger partial charge in [0.1, 0.15) is 0 Å². The molecule has 0 saturated carbocycles. The summed E-state index contributed by atoms with van der Waals surface area (Å²) in [6, 6.07) is 9.38. The van der Waals surface area contributed by atoms with Crippen molar-refractivity contribution in [3.05, 3.63) is 48.0 Å². The summed E-state index contributed by atoms with van der Waals surface area (Å²) in [5.74, 6) is -0.433. The van der Waals surface area contributed by atoms with Crippen molar-refractivity contribution in [3.63, 3.8) is 0 Å². The number of carbonyl (C=O) groups excluding carboxylic acids is 1. The average Bonchev–Trinajstić information content (AvgIpc) is 2.58. The van der Waals surface area contributed by atoms with Crippen LogP contribution < -0.4 is 0 Å². The summed E-state index contributed by atoms with van der Waals surface area (Å²) < 4.78 is 21.5. The molecule has 0 saturated heterocycles. The van der Waals surface area contributed by atoms with Gasteiger partial charge >= 0.3 is 14.8 Å². The van der Waals surface area contributed by atoms with E-state index in [1.807, 2.05) is 18.2 Å². The lowest BCUT2D eigenvalue weighted by Gasteiger charge is -2.29. The molecule has 1 aromatic carbocycles. The number of carbonyl (C=O) groups is 1. The number of hydrogen-bond donors (Lipinski definition) is 1. The van der Waals surface area contributed by atoms with Crippen LogP contribution in [0.3, 0.4) is 0 Å². The Morgan fingerprint density at radius 3 is 2.39 bits per heavy atom. The van der Waals surface area contributed by atoms with E-state index in [0.717, 1.165) is 0 Å². The minimum absolute atomic E-state index is 0.206. The van der Waals surface area contributed by atoms with Gasteiger partial charge in [-0.1, -0.05) is 36.9 Å². The van der Waals surface area contributed by atoms with E-state index in [1.54, 1.807) is 19.1 Å². The maximum Gasteiger partial charge on any atom is 0.502 e. The molecule has 0 heterocycles. The van der Waals surface area contributed by atoms with E-state index in [4.69, 9.17) is 18.0 Å². The Kier molecular flexibility index (Phi) is 8.14. The van der Waals surface area contributed by atoms with Crippen LogP contribution in [0.15, 0.2) is 42.5 Å². The van der Waals surface area contributed by atoms with Gasteiger partial charge in [0, 0.05) is 31.4 Å². The first-order chi connectivity index (χ1) is 10.9. The molecule has 0 aliphatic rings. The fourth-order valence-electron chi connectivity index (χ4n) is 1.88. The van der Waals surface area contributed by atoms with E-state index in [2.05, 4.69) is 6.58 Å². The van der Waals surface area contributed by atoms with Crippen molar-refractivity contribution in [1.82, 2.24) is 0 Å². The minimum atomic E-state index is -3.05. The maximum absolute atomic E-state index is 11.3. The number of benzene rings is 1. The molecule has 0 spiro atoms. The van der Waals surface area contributed by atoms with Gasteiger partial charge in [-0.05, 0) is 13.3 Å². The molecule has 23 heavy (non-hydrogen) atoms. The van der Waals surface area contributed by atoms with Crippen LogP contribution in [0.1, 0.15) is 25.2 Å². The Bertz CT molecular complexity index is 501. The fourth-order valence-corrected chi connectivity index (χ4v) is 3.81. The van der Waals surface area contributed by atoms with Gasteiger partial charge in [0.15, 0.2) is 6.29 Å². The first kappa shape index (κ1) is 19.5. The van der Waals surface area contributed by atoms with Crippen LogP contribution in [0.5, 0.6) is 0 Å². The van der Waals surface area contributed by atoms with Gasteiger partial charge in [-0.25, -0.2) is 4.79 Å². The van der Waals surface area contributed by atoms with E-state index in [1.165, 1.54) is 14.2 Å². The molecule has 0 aromatic heterocycles. The zero-order chi connectivity index (χ0) is 17.3. The van der Waals surface area contributed by atoms with Crippen molar-refractivity contribution in [2.75, 3.05) is 20.8 Å². The lowest BCUT2D eigenvalue weighted by molar-refractivity contribution is -0.139. The summed E-state index contributed by atoms with van der Waals surface area (Å²) in [6.45, 7) is 5.31. The summed E-state index contributed by atoms with van der Waals surface area (Å²) in [5, 5.41) is 10.2. The first-order valence-corrected chi connectivity index (χ1v) is 9.21. The second-order valence-electron chi connectivity index (χ2n) is 4.99. The van der Waals surface area contributed by atoms with Gasteiger partial charge in [0.05, 0.1) is 6.61 Å². The van der Waals surface area contributed by atoms with Gasteiger partial charge in [-0.15, -0.1) is 0 Å². The van der Waals surface area contributed by atoms with E-state index in [9.17, 15) is 9.90 Å². The Morgan fingerprint density at radius 1 is 1.26 bits per heavy atom. The molecule has 0 bridgehead atoms. The van der Waals surface area contributed by atoms with Crippen molar-refractivity contribution in [1.29, 1.82) is 0 Å². The van der Waals surface area contributed by atoms with Crippen LogP contribution in [0.4, 0.5) is 0 Å². The topological polar surface area (TPSA) is 74.2 Å². The predicted octanol–water partition coefficient (Wildman–Crippen LogP) is 2.44. The average molecular weight is 340 g/mol. The molecule has 0 amide bonds. The molecule has 0 fully saturated rings. The predicted molar refractivity (Wildman–Crippen MR) is 87.5 cm³/mol. The van der Waals surface area contributed by atoms with Crippen LogP contribution in [0.2, 0.25) is 6.04 Å². The number of esters is 1. The van der Waals surface area contributed by atoms with Gasteiger partial charge < -0.3 is 23.1 Å². The van der Waals surface area contributed by atoms with Crippen LogP contribution in [-0.2, 0) is 22.8 Å². The Labute approximate surface area is 138 Å². The van der Waals surface area contributed by atoms with Crippen molar-refractivity contribution >= 4 is 14.8 Å². The van der Waals surface area contributed by atoms with Crippen molar-refractivity contribution in [2.24, 2.45) is 0 Å². The molecule has 1 rings (SSSR count). The SMILES string of the molecule is C=C(C)C(=O)OCCC[Si](OC)(OC)OC(O)c1ccccc1. The number of hydrogen-bond acceptors (Lipinski definition) is 6. The van der Waals surface area contributed by atoms with Crippen LogP contribution in [0, 0.1) is 0 Å². The third-order valence-corrected chi connectivity index (χ3v) is 6.00. The monoisotopic (exact) mass is 340 g/mol. The van der Waals surface area contributed by atoms with Gasteiger partial charge in [-0.2, -0.15) is 0 Å². The third kappa shape index (κ3) is 6.24. The molecule has 1 atom stereocenters. The maximum atomic E-state index is 11.3. The van der Waals surface area contributed by atoms with Gasteiger partial charge in [0.2, 0.25) is 0 Å². The lowest BCUT2D eigenvalue weighted by Crippen LogP contribution is -2.45. The molecular formula is C16H24O6Si. The largest absolute Gasteiger partial charge is 0.502 e. The highest BCUT2D eigenvalue weighted by Gasteiger charge is 2.41. The molecule has 1 unspecified atom stereocenters. The molecule has 7 heteroatoms. The van der Waals surface area contributed by atoms with Crippen LogP contribution in [0.25, 0.3) is 0 Å². The molecular weight excluding hydrogens is 316 g/mol. The second-order valence-corrected chi connectivity index (χ2v) is 7.91. The zero-order valence-electron chi connectivity index (χ0n) is 13.8. The summed E-state index contributed by atoms with van der Waals surface area (Å²) in [7, 11) is -0.0932. The van der Waals surface area contributed by atoms with Crippen LogP contribution >= 0.6 is 0 Å². The minimum Gasteiger partial charge on any atom is -0.462 e. The Morgan fingerprint density at radius 2 is 1.87 bits per heavy atom. The molecule has 128 valence electrons. The Balaban J connectivity index is 2.57. The number of aliphatic hydroxyl groups excluding tert-OH is 1. The van der Waals surface area contributed by atoms with E-state index >= 15 is 0 Å². The van der Waals surface area contributed by atoms with E-state index in [-0.39, 0.29) is 6.61 Å². The smallest absolute Gasteiger partial charge is 0.462 e. The van der Waals surface area contributed by atoms with Crippen LogP contribution in [-0.4, -0.2) is 40.7 Å². The molecule has 0 aliphatic carbocycles. The molecule has 1 N–H and O–H groups in total. The van der Waals surface area contributed by atoms with Crippen molar-refractivity contribution in [3.8, 4) is 0 Å². The zero-order valence-corrected chi connectivity index (χ0v) is 14.8. The van der Waals surface area contributed by atoms with E-state index in [0.29, 0.717) is 23.6 Å². The summed E-state index contributed by atoms with van der Waals surface area (Å²) >= 11 is 0. The number of ether oxygens (including phenoxy) is 1. The highest BCUT2D eigenvalue weighted by molar-refractivity contribution is 6.60. The molecule has 1 aromatic rings. The summed E-state index contributed by atoms with van der Waals surface area (Å²) in [6.07, 6.45) is -0.644. The normalized spacial score (nSPS) is 12.7. The summed E-state index contributed by atoms with van der Waals surface area (Å²) in [4.78, 5) is 11.3. The Hall–Kier alpha value is -1.51. The second kappa shape index (κ2) is 9.59. The summed E-state index contributed by atoms with van der Waals surface area (Å²) in [5.41, 5.74) is 0.968. The number of aliphatic hydroxyl groups is 1. The highest BCUT2D eigenvalue weighted by Crippen LogP contribution is 2.24. The quantitative estimate of drug-likeness (QED) is 0.232. The molecule has 0 radical (unpaired) electrons. The first-order valence-electron chi connectivity index (χ1n) is 7.28. The molecule has 0 aliphatic heterocycles. The molecule has 6 nitrogen and oxygen atoms in total. The van der Waals surface area contributed by atoms with Gasteiger partial charge in [-0.3, -0.25) is 0 Å². The van der Waals surface area contributed by atoms with E-state index < -0.39 is 21.1 Å². The standard InChI is InChI=1S/C16H24O6Si/c1-13(2)15(17)21-11-8-12-23(19-3,20-4)22-16(18)14-9-6-5-7-10-14/h5-7,9-10,16,18H,1,8,11-12H2,2-4H3. The third-order valence-electron chi connectivity index (χ3n) is 3.21. The highest BCUT2D eigenvalue weighted by atomic mass is 28.4.